The molecule has 0 radical (unpaired) electrons. The third-order valence-electron chi connectivity index (χ3n) is 5.29. The normalized spacial score (nSPS) is 13.9. The van der Waals surface area contributed by atoms with Gasteiger partial charge in [0, 0.05) is 41.6 Å². The van der Waals surface area contributed by atoms with Gasteiger partial charge < -0.3 is 10.2 Å². The molecular formula is C25H24ClN3O2. The molecule has 1 fully saturated rings. The molecule has 0 saturated carbocycles. The monoisotopic (exact) mass is 433 g/mol. The quantitative estimate of drug-likeness (QED) is 0.558. The Morgan fingerprint density at radius 1 is 1.00 bits per heavy atom. The summed E-state index contributed by atoms with van der Waals surface area (Å²) in [6.07, 6.45) is 0.860. The zero-order chi connectivity index (χ0) is 21.8. The lowest BCUT2D eigenvalue weighted by Gasteiger charge is -2.35. The first-order valence-corrected chi connectivity index (χ1v) is 10.7. The first kappa shape index (κ1) is 20.9. The van der Waals surface area contributed by atoms with E-state index in [0.29, 0.717) is 30.2 Å². The first-order valence-electron chi connectivity index (χ1n) is 10.3. The Kier molecular flexibility index (Phi) is 6.23. The summed E-state index contributed by atoms with van der Waals surface area (Å²) in [5.41, 5.74) is 4.10. The van der Waals surface area contributed by atoms with Gasteiger partial charge in [-0.05, 0) is 66.9 Å². The summed E-state index contributed by atoms with van der Waals surface area (Å²) < 4.78 is 0. The van der Waals surface area contributed by atoms with E-state index in [2.05, 4.69) is 5.32 Å². The molecule has 4 rings (SSSR count). The number of benzene rings is 3. The molecule has 0 aromatic heterocycles. The van der Waals surface area contributed by atoms with Crippen LogP contribution in [0.2, 0.25) is 5.02 Å². The van der Waals surface area contributed by atoms with E-state index >= 15 is 0 Å². The molecule has 0 unspecified atom stereocenters. The highest BCUT2D eigenvalue weighted by Gasteiger charge is 2.27. The minimum Gasteiger partial charge on any atom is -0.322 e. The van der Waals surface area contributed by atoms with Crippen molar-refractivity contribution in [2.75, 3.05) is 23.3 Å². The number of carbonyl (C=O) groups excluding carboxylic acids is 2. The molecule has 3 aromatic rings. The van der Waals surface area contributed by atoms with Gasteiger partial charge >= 0.3 is 6.03 Å². The minimum absolute atomic E-state index is 0.0579. The minimum atomic E-state index is -0.199. The van der Waals surface area contributed by atoms with Crippen LogP contribution in [0, 0.1) is 6.92 Å². The van der Waals surface area contributed by atoms with Crippen LogP contribution in [0.15, 0.2) is 72.8 Å². The van der Waals surface area contributed by atoms with Crippen molar-refractivity contribution in [3.8, 4) is 0 Å². The number of anilines is 2. The summed E-state index contributed by atoms with van der Waals surface area (Å²) in [4.78, 5) is 29.4. The van der Waals surface area contributed by atoms with Crippen molar-refractivity contribution in [3.05, 3.63) is 94.5 Å². The third kappa shape index (κ3) is 5.06. The van der Waals surface area contributed by atoms with Crippen molar-refractivity contribution in [1.29, 1.82) is 0 Å². The average Bonchev–Trinajstić information content (AvgIpc) is 2.77. The van der Waals surface area contributed by atoms with Crippen molar-refractivity contribution >= 4 is 34.9 Å². The van der Waals surface area contributed by atoms with Crippen molar-refractivity contribution in [1.82, 2.24) is 4.90 Å². The van der Waals surface area contributed by atoms with Gasteiger partial charge in [-0.3, -0.25) is 9.69 Å². The molecule has 0 aliphatic carbocycles. The topological polar surface area (TPSA) is 52.7 Å². The molecule has 3 aromatic carbocycles. The van der Waals surface area contributed by atoms with Gasteiger partial charge in [-0.2, -0.15) is 0 Å². The summed E-state index contributed by atoms with van der Waals surface area (Å²) in [5, 5.41) is 3.60. The molecule has 1 aliphatic heterocycles. The van der Waals surface area contributed by atoms with E-state index in [1.54, 1.807) is 17.0 Å². The predicted molar refractivity (Wildman–Crippen MR) is 125 cm³/mol. The highest BCUT2D eigenvalue weighted by atomic mass is 35.5. The SMILES string of the molecule is Cc1cccc(NC(=O)c2cccc(N3CCCN(Cc4ccc(Cl)cc4)C3=O)c2)c1. The van der Waals surface area contributed by atoms with Crippen LogP contribution in [0.4, 0.5) is 16.2 Å². The summed E-state index contributed by atoms with van der Waals surface area (Å²) >= 11 is 5.96. The third-order valence-corrected chi connectivity index (χ3v) is 5.55. The zero-order valence-electron chi connectivity index (χ0n) is 17.3. The van der Waals surface area contributed by atoms with Crippen molar-refractivity contribution in [2.45, 2.75) is 19.9 Å². The molecule has 1 aliphatic rings. The molecular weight excluding hydrogens is 410 g/mol. The largest absolute Gasteiger partial charge is 0.324 e. The molecule has 5 nitrogen and oxygen atoms in total. The Balaban J connectivity index is 1.49. The number of amides is 3. The summed E-state index contributed by atoms with van der Waals surface area (Å²) in [5.74, 6) is -0.199. The zero-order valence-corrected chi connectivity index (χ0v) is 18.1. The van der Waals surface area contributed by atoms with E-state index in [1.807, 2.05) is 72.5 Å². The van der Waals surface area contributed by atoms with Crippen LogP contribution in [0.1, 0.15) is 27.9 Å². The van der Waals surface area contributed by atoms with Gasteiger partial charge in [0.05, 0.1) is 0 Å². The van der Waals surface area contributed by atoms with E-state index in [1.165, 1.54) is 0 Å². The molecule has 0 bridgehead atoms. The van der Waals surface area contributed by atoms with Gasteiger partial charge in [0.1, 0.15) is 0 Å². The van der Waals surface area contributed by atoms with Crippen LogP contribution < -0.4 is 10.2 Å². The first-order chi connectivity index (χ1) is 15.0. The van der Waals surface area contributed by atoms with Gasteiger partial charge in [0.15, 0.2) is 0 Å². The van der Waals surface area contributed by atoms with Crippen LogP contribution in [0.3, 0.4) is 0 Å². The summed E-state index contributed by atoms with van der Waals surface area (Å²) in [6.45, 7) is 3.83. The predicted octanol–water partition coefficient (Wildman–Crippen LogP) is 5.73. The standard InChI is InChI=1S/C25H24ClN3O2/c1-18-5-2-7-22(15-18)27-24(30)20-6-3-8-23(16-20)29-14-4-13-28(25(29)31)17-19-9-11-21(26)12-10-19/h2-3,5-12,15-16H,4,13-14,17H2,1H3,(H,27,30). The Bertz CT molecular complexity index is 1100. The van der Waals surface area contributed by atoms with Crippen molar-refractivity contribution in [2.24, 2.45) is 0 Å². The second-order valence-electron chi connectivity index (χ2n) is 7.71. The number of carbonyl (C=O) groups is 2. The maximum Gasteiger partial charge on any atom is 0.324 e. The van der Waals surface area contributed by atoms with E-state index in [9.17, 15) is 9.59 Å². The fraction of sp³-hybridized carbons (Fsp3) is 0.200. The fourth-order valence-electron chi connectivity index (χ4n) is 3.72. The van der Waals surface area contributed by atoms with Crippen LogP contribution in [0.25, 0.3) is 0 Å². The van der Waals surface area contributed by atoms with Gasteiger partial charge in [-0.25, -0.2) is 4.79 Å². The van der Waals surface area contributed by atoms with Gasteiger partial charge in [0.2, 0.25) is 0 Å². The molecule has 158 valence electrons. The van der Waals surface area contributed by atoms with E-state index in [-0.39, 0.29) is 11.9 Å². The second kappa shape index (κ2) is 9.23. The molecule has 31 heavy (non-hydrogen) atoms. The molecule has 0 spiro atoms. The van der Waals surface area contributed by atoms with Crippen LogP contribution >= 0.6 is 11.6 Å². The number of nitrogens with zero attached hydrogens (tertiary/aromatic N) is 2. The fourth-order valence-corrected chi connectivity index (χ4v) is 3.85. The van der Waals surface area contributed by atoms with Crippen molar-refractivity contribution < 1.29 is 9.59 Å². The number of rotatable bonds is 5. The van der Waals surface area contributed by atoms with Crippen molar-refractivity contribution in [3.63, 3.8) is 0 Å². The van der Waals surface area contributed by atoms with Crippen LogP contribution in [-0.2, 0) is 6.54 Å². The maximum atomic E-state index is 13.1. The molecule has 3 amide bonds. The number of hydrogen-bond donors (Lipinski definition) is 1. The smallest absolute Gasteiger partial charge is 0.322 e. The summed E-state index contributed by atoms with van der Waals surface area (Å²) in [6, 6.07) is 22.4. The highest BCUT2D eigenvalue weighted by molar-refractivity contribution is 6.30. The second-order valence-corrected chi connectivity index (χ2v) is 8.15. The van der Waals surface area contributed by atoms with Crippen LogP contribution in [0.5, 0.6) is 0 Å². The Labute approximate surface area is 187 Å². The highest BCUT2D eigenvalue weighted by Crippen LogP contribution is 2.23. The number of aryl methyl sites for hydroxylation is 1. The average molecular weight is 434 g/mol. The Hall–Kier alpha value is -3.31. The number of urea groups is 1. The molecule has 0 atom stereocenters. The van der Waals surface area contributed by atoms with E-state index in [0.717, 1.165) is 28.9 Å². The molecule has 1 heterocycles. The number of halogens is 1. The lowest BCUT2D eigenvalue weighted by Crippen LogP contribution is -2.49. The summed E-state index contributed by atoms with van der Waals surface area (Å²) in [7, 11) is 0. The number of hydrogen-bond acceptors (Lipinski definition) is 2. The lowest BCUT2D eigenvalue weighted by molar-refractivity contribution is 0.102. The number of nitrogens with one attached hydrogen (secondary N) is 1. The van der Waals surface area contributed by atoms with Gasteiger partial charge in [-0.1, -0.05) is 41.9 Å². The van der Waals surface area contributed by atoms with E-state index in [4.69, 9.17) is 11.6 Å². The van der Waals surface area contributed by atoms with Gasteiger partial charge in [0.25, 0.3) is 5.91 Å². The van der Waals surface area contributed by atoms with E-state index < -0.39 is 0 Å². The lowest BCUT2D eigenvalue weighted by atomic mass is 10.1. The maximum absolute atomic E-state index is 13.1. The molecule has 1 saturated heterocycles. The Morgan fingerprint density at radius 3 is 2.55 bits per heavy atom. The Morgan fingerprint density at radius 2 is 1.77 bits per heavy atom. The van der Waals surface area contributed by atoms with Crippen LogP contribution in [-0.4, -0.2) is 29.9 Å². The van der Waals surface area contributed by atoms with Gasteiger partial charge in [-0.15, -0.1) is 0 Å². The molecule has 1 N–H and O–H groups in total. The molecule has 6 heteroatoms.